The van der Waals surface area contributed by atoms with Crippen LogP contribution < -0.4 is 4.90 Å². The molecule has 0 aromatic carbocycles. The number of carbonyl (C=O) groups is 1. The van der Waals surface area contributed by atoms with Crippen LogP contribution in [0.25, 0.3) is 27.9 Å². The number of likely N-dealkylation sites (tertiary alicyclic amines) is 1. The van der Waals surface area contributed by atoms with Gasteiger partial charge in [0.25, 0.3) is 0 Å². The number of hydrogen-bond acceptors (Lipinski definition) is 6. The molecule has 5 rings (SSSR count). The van der Waals surface area contributed by atoms with Crippen molar-refractivity contribution in [3.8, 4) is 11.3 Å². The van der Waals surface area contributed by atoms with Gasteiger partial charge in [-0.25, -0.2) is 14.5 Å². The average Bonchev–Trinajstić information content (AvgIpc) is 3.47. The summed E-state index contributed by atoms with van der Waals surface area (Å²) in [5, 5.41) is 4.40. The molecule has 0 bridgehead atoms. The van der Waals surface area contributed by atoms with Crippen molar-refractivity contribution in [2.24, 2.45) is 0 Å². The van der Waals surface area contributed by atoms with Crippen LogP contribution in [0, 0.1) is 13.8 Å². The smallest absolute Gasteiger partial charge is 0.237 e. The van der Waals surface area contributed by atoms with Crippen molar-refractivity contribution in [3.05, 3.63) is 41.3 Å². The number of fused-ring (bicyclic) bond motifs is 2. The molecule has 0 saturated carbocycles. The Morgan fingerprint density at radius 3 is 2.63 bits per heavy atom. The van der Waals surface area contributed by atoms with Crippen molar-refractivity contribution in [3.63, 3.8) is 0 Å². The number of nitrogens with one attached hydrogen (secondary N) is 1. The highest BCUT2D eigenvalue weighted by Crippen LogP contribution is 2.38. The van der Waals surface area contributed by atoms with Gasteiger partial charge in [-0.1, -0.05) is 13.8 Å². The second-order valence-corrected chi connectivity index (χ2v) is 11.3. The van der Waals surface area contributed by atoms with E-state index >= 15 is 0 Å². The second kappa shape index (κ2) is 10.0. The van der Waals surface area contributed by atoms with Crippen LogP contribution in [0.2, 0.25) is 0 Å². The van der Waals surface area contributed by atoms with Gasteiger partial charge in [0.15, 0.2) is 5.65 Å². The standard InChI is InChI=1S/C29H40N8O/c1-9-35(13-21-12-18(4)37(21)25(38)15-34(7)8)24-11-10-23-28(33-24)26(17(2)3)27(32-23)22-14-36-29(30-16-31-36)20(6)19(22)5/h10-11,14,16-18,21,32H,9,12-13,15H2,1-8H3/t18-,21-/m1/s1. The van der Waals surface area contributed by atoms with Gasteiger partial charge >= 0.3 is 0 Å². The van der Waals surface area contributed by atoms with E-state index in [9.17, 15) is 4.79 Å². The van der Waals surface area contributed by atoms with Gasteiger partial charge in [-0.15, -0.1) is 0 Å². The molecule has 1 saturated heterocycles. The van der Waals surface area contributed by atoms with Crippen LogP contribution in [0.5, 0.6) is 0 Å². The van der Waals surface area contributed by atoms with Crippen molar-refractivity contribution in [2.75, 3.05) is 38.6 Å². The van der Waals surface area contributed by atoms with Crippen LogP contribution in [0.3, 0.4) is 0 Å². The van der Waals surface area contributed by atoms with E-state index in [0.29, 0.717) is 6.54 Å². The normalized spacial score (nSPS) is 17.7. The maximum absolute atomic E-state index is 12.8. The Morgan fingerprint density at radius 1 is 1.21 bits per heavy atom. The average molecular weight is 517 g/mol. The summed E-state index contributed by atoms with van der Waals surface area (Å²) >= 11 is 0. The molecule has 0 unspecified atom stereocenters. The van der Waals surface area contributed by atoms with Gasteiger partial charge in [0.2, 0.25) is 5.91 Å². The molecular formula is C29H40N8O. The predicted octanol–water partition coefficient (Wildman–Crippen LogP) is 4.39. The summed E-state index contributed by atoms with van der Waals surface area (Å²) in [4.78, 5) is 32.5. The first-order valence-electron chi connectivity index (χ1n) is 13.6. The molecular weight excluding hydrogens is 476 g/mol. The molecule has 1 amide bonds. The van der Waals surface area contributed by atoms with Gasteiger partial charge in [0, 0.05) is 36.5 Å². The number of amides is 1. The minimum Gasteiger partial charge on any atom is -0.355 e. The van der Waals surface area contributed by atoms with E-state index in [1.807, 2.05) is 23.5 Å². The van der Waals surface area contributed by atoms with E-state index in [1.165, 1.54) is 11.1 Å². The predicted molar refractivity (Wildman–Crippen MR) is 153 cm³/mol. The summed E-state index contributed by atoms with van der Waals surface area (Å²) in [6.07, 6.45) is 4.69. The summed E-state index contributed by atoms with van der Waals surface area (Å²) in [7, 11) is 3.89. The monoisotopic (exact) mass is 516 g/mol. The van der Waals surface area contributed by atoms with Crippen LogP contribution in [-0.4, -0.2) is 86.1 Å². The van der Waals surface area contributed by atoms with Crippen LogP contribution in [0.15, 0.2) is 24.7 Å². The van der Waals surface area contributed by atoms with E-state index in [-0.39, 0.29) is 23.9 Å². The van der Waals surface area contributed by atoms with E-state index in [2.05, 4.69) is 84.7 Å². The minimum absolute atomic E-state index is 0.200. The van der Waals surface area contributed by atoms with Crippen molar-refractivity contribution in [1.29, 1.82) is 0 Å². The van der Waals surface area contributed by atoms with Crippen molar-refractivity contribution >= 4 is 28.4 Å². The molecule has 0 radical (unpaired) electrons. The first-order chi connectivity index (χ1) is 18.1. The number of H-pyrrole nitrogens is 1. The summed E-state index contributed by atoms with van der Waals surface area (Å²) in [6.45, 7) is 15.0. The Balaban J connectivity index is 1.51. The number of aromatic nitrogens is 5. The Morgan fingerprint density at radius 2 is 1.97 bits per heavy atom. The topological polar surface area (TPSA) is 85.7 Å². The Labute approximate surface area is 224 Å². The zero-order valence-electron chi connectivity index (χ0n) is 23.9. The minimum atomic E-state index is 0.200. The number of pyridine rings is 2. The zero-order chi connectivity index (χ0) is 27.3. The molecule has 1 fully saturated rings. The fraction of sp³-hybridized carbons (Fsp3) is 0.517. The number of aromatic amines is 1. The van der Waals surface area contributed by atoms with E-state index in [1.54, 1.807) is 6.33 Å². The molecule has 9 nitrogen and oxygen atoms in total. The van der Waals surface area contributed by atoms with Gasteiger partial charge in [-0.05, 0) is 77.4 Å². The molecule has 0 aliphatic carbocycles. The first-order valence-corrected chi connectivity index (χ1v) is 13.6. The first kappa shape index (κ1) is 26.2. The number of likely N-dealkylation sites (N-methyl/N-ethyl adjacent to an activating group) is 2. The third-order valence-electron chi connectivity index (χ3n) is 8.00. The highest BCUT2D eigenvalue weighted by Gasteiger charge is 2.39. The highest BCUT2D eigenvalue weighted by atomic mass is 16.2. The third-order valence-corrected chi connectivity index (χ3v) is 8.00. The lowest BCUT2D eigenvalue weighted by atomic mass is 9.93. The van der Waals surface area contributed by atoms with Gasteiger partial charge in [0.05, 0.1) is 29.3 Å². The van der Waals surface area contributed by atoms with Crippen LogP contribution in [0.1, 0.15) is 56.7 Å². The molecule has 202 valence electrons. The third kappa shape index (κ3) is 4.42. The SMILES string of the molecule is CCN(C[C@H]1C[C@@H](C)N1C(=O)CN(C)C)c1ccc2[nH]c(-c3cn4ncnc4c(C)c3C)c(C(C)C)c2n1. The number of rotatable bonds is 8. The molecule has 1 aliphatic heterocycles. The summed E-state index contributed by atoms with van der Waals surface area (Å²) in [5.41, 5.74) is 8.65. The van der Waals surface area contributed by atoms with Crippen LogP contribution in [0.4, 0.5) is 5.82 Å². The van der Waals surface area contributed by atoms with E-state index < -0.39 is 0 Å². The Kier molecular flexibility index (Phi) is 6.90. The largest absolute Gasteiger partial charge is 0.355 e. The highest BCUT2D eigenvalue weighted by molar-refractivity contribution is 5.90. The van der Waals surface area contributed by atoms with Gasteiger partial charge in [-0.2, -0.15) is 5.10 Å². The fourth-order valence-corrected chi connectivity index (χ4v) is 5.93. The zero-order valence-corrected chi connectivity index (χ0v) is 23.9. The molecule has 1 N–H and O–H groups in total. The number of aryl methyl sites for hydroxylation is 1. The second-order valence-electron chi connectivity index (χ2n) is 11.3. The lowest BCUT2D eigenvalue weighted by Gasteiger charge is -2.49. The number of hydrogen-bond donors (Lipinski definition) is 1. The van der Waals surface area contributed by atoms with Gasteiger partial charge < -0.3 is 19.7 Å². The molecule has 38 heavy (non-hydrogen) atoms. The van der Waals surface area contributed by atoms with Crippen LogP contribution in [-0.2, 0) is 4.79 Å². The number of anilines is 1. The van der Waals surface area contributed by atoms with E-state index in [0.717, 1.165) is 58.8 Å². The summed E-state index contributed by atoms with van der Waals surface area (Å²) in [5.74, 6) is 1.42. The van der Waals surface area contributed by atoms with Crippen molar-refractivity contribution < 1.29 is 4.79 Å². The molecule has 4 aromatic rings. The number of carbonyl (C=O) groups excluding carboxylic acids is 1. The molecule has 9 heteroatoms. The molecule has 4 aromatic heterocycles. The quantitative estimate of drug-likeness (QED) is 0.374. The lowest BCUT2D eigenvalue weighted by Crippen LogP contribution is -2.62. The molecule has 2 atom stereocenters. The van der Waals surface area contributed by atoms with Crippen LogP contribution >= 0.6 is 0 Å². The molecule has 0 spiro atoms. The van der Waals surface area contributed by atoms with Crippen molar-refractivity contribution in [1.82, 2.24) is 34.4 Å². The molecule has 5 heterocycles. The maximum atomic E-state index is 12.8. The van der Waals surface area contributed by atoms with Gasteiger partial charge in [0.1, 0.15) is 12.1 Å². The number of nitrogens with zero attached hydrogens (tertiary/aromatic N) is 7. The Bertz CT molecular complexity index is 1480. The van der Waals surface area contributed by atoms with Crippen molar-refractivity contribution in [2.45, 2.75) is 66.0 Å². The Hall–Kier alpha value is -3.46. The summed E-state index contributed by atoms with van der Waals surface area (Å²) < 4.78 is 1.86. The lowest BCUT2D eigenvalue weighted by molar-refractivity contribution is -0.144. The fourth-order valence-electron chi connectivity index (χ4n) is 5.93. The van der Waals surface area contributed by atoms with Gasteiger partial charge in [-0.3, -0.25) is 4.79 Å². The maximum Gasteiger partial charge on any atom is 0.237 e. The van der Waals surface area contributed by atoms with E-state index in [4.69, 9.17) is 4.98 Å². The summed E-state index contributed by atoms with van der Waals surface area (Å²) in [6, 6.07) is 4.74. The molecule has 1 aliphatic rings.